The van der Waals surface area contributed by atoms with Gasteiger partial charge in [-0.1, -0.05) is 80.4 Å². The Kier molecular flexibility index (Phi) is 11.2. The number of rotatable bonds is 13. The minimum atomic E-state index is -4.20. The Morgan fingerprint density at radius 1 is 1.00 bits per heavy atom. The Bertz CT molecular complexity index is 1430. The van der Waals surface area contributed by atoms with E-state index in [1.165, 1.54) is 36.3 Å². The molecule has 0 heterocycles. The second-order valence-corrected chi connectivity index (χ2v) is 12.5. The van der Waals surface area contributed by atoms with Gasteiger partial charge in [0.25, 0.3) is 10.0 Å². The molecule has 8 nitrogen and oxygen atoms in total. The quantitative estimate of drug-likeness (QED) is 0.283. The maximum absolute atomic E-state index is 14.1. The van der Waals surface area contributed by atoms with Gasteiger partial charge in [-0.05, 0) is 55.2 Å². The molecule has 1 atom stereocenters. The third-order valence-corrected chi connectivity index (χ3v) is 8.66. The van der Waals surface area contributed by atoms with Gasteiger partial charge in [-0.3, -0.25) is 13.9 Å². The average Bonchev–Trinajstić information content (AvgIpc) is 2.95. The molecule has 3 aromatic carbocycles. The molecule has 3 rings (SSSR count). The zero-order chi connectivity index (χ0) is 30.2. The van der Waals surface area contributed by atoms with Crippen LogP contribution >= 0.6 is 11.6 Å². The number of carbonyl (C=O) groups excluding carboxylic acids is 2. The highest BCUT2D eigenvalue weighted by atomic mass is 35.5. The molecule has 0 fully saturated rings. The number of anilines is 1. The van der Waals surface area contributed by atoms with Crippen LogP contribution in [0.2, 0.25) is 5.02 Å². The number of sulfonamides is 1. The summed E-state index contributed by atoms with van der Waals surface area (Å²) in [5, 5.41) is 3.12. The van der Waals surface area contributed by atoms with Crippen molar-refractivity contribution >= 4 is 39.1 Å². The standard InChI is InChI=1S/C31H38ClN3O5S/c1-6-28(31(37)33-19-22(2)3)34(20-24-10-8-7-9-11-24)30(36)21-35(25-14-17-29(40-5)27(32)18-25)41(38,39)26-15-12-23(4)13-16-26/h7-18,22,28H,6,19-21H2,1-5H3,(H,33,37)/t28-/m0/s1. The summed E-state index contributed by atoms with van der Waals surface area (Å²) in [5.74, 6) is -0.216. The molecule has 2 amide bonds. The summed E-state index contributed by atoms with van der Waals surface area (Å²) < 4.78 is 34.2. The maximum atomic E-state index is 14.1. The minimum absolute atomic E-state index is 0.0270. The van der Waals surface area contributed by atoms with E-state index in [1.54, 1.807) is 18.2 Å². The van der Waals surface area contributed by atoms with Gasteiger partial charge in [-0.2, -0.15) is 0 Å². The highest BCUT2D eigenvalue weighted by Crippen LogP contribution is 2.32. The Morgan fingerprint density at radius 3 is 2.22 bits per heavy atom. The number of benzene rings is 3. The van der Waals surface area contributed by atoms with Crippen molar-refractivity contribution in [3.05, 3.63) is 88.9 Å². The van der Waals surface area contributed by atoms with Crippen molar-refractivity contribution in [3.63, 3.8) is 0 Å². The van der Waals surface area contributed by atoms with Gasteiger partial charge in [0, 0.05) is 13.1 Å². The molecule has 0 saturated heterocycles. The Hall–Kier alpha value is -3.56. The summed E-state index contributed by atoms with van der Waals surface area (Å²) in [4.78, 5) is 28.8. The molecule has 0 aromatic heterocycles. The van der Waals surface area contributed by atoms with E-state index in [-0.39, 0.29) is 34.0 Å². The molecule has 220 valence electrons. The number of hydrogen-bond donors (Lipinski definition) is 1. The van der Waals surface area contributed by atoms with E-state index in [4.69, 9.17) is 16.3 Å². The molecule has 41 heavy (non-hydrogen) atoms. The van der Waals surface area contributed by atoms with Gasteiger partial charge in [0.2, 0.25) is 11.8 Å². The van der Waals surface area contributed by atoms with Crippen LogP contribution in [-0.2, 0) is 26.2 Å². The van der Waals surface area contributed by atoms with Crippen LogP contribution in [0.1, 0.15) is 38.3 Å². The van der Waals surface area contributed by atoms with Crippen molar-refractivity contribution in [1.82, 2.24) is 10.2 Å². The predicted octanol–water partition coefficient (Wildman–Crippen LogP) is 5.43. The molecular formula is C31H38ClN3O5S. The lowest BCUT2D eigenvalue weighted by molar-refractivity contribution is -0.140. The Labute approximate surface area is 248 Å². The number of halogens is 1. The number of carbonyl (C=O) groups is 2. The monoisotopic (exact) mass is 599 g/mol. The molecular weight excluding hydrogens is 562 g/mol. The fourth-order valence-electron chi connectivity index (χ4n) is 4.30. The first-order chi connectivity index (χ1) is 19.5. The zero-order valence-corrected chi connectivity index (χ0v) is 25.7. The van der Waals surface area contributed by atoms with Crippen molar-refractivity contribution < 1.29 is 22.7 Å². The number of nitrogens with zero attached hydrogens (tertiary/aromatic N) is 2. The van der Waals surface area contributed by atoms with Crippen LogP contribution in [0.3, 0.4) is 0 Å². The first-order valence-electron chi connectivity index (χ1n) is 13.5. The van der Waals surface area contributed by atoms with Gasteiger partial charge in [-0.25, -0.2) is 8.42 Å². The SMILES string of the molecule is CC[C@@H](C(=O)NCC(C)C)N(Cc1ccccc1)C(=O)CN(c1ccc(OC)c(Cl)c1)S(=O)(=O)c1ccc(C)cc1. The van der Waals surface area contributed by atoms with Gasteiger partial charge in [0.05, 0.1) is 22.7 Å². The summed E-state index contributed by atoms with van der Waals surface area (Å²) in [6.07, 6.45) is 0.349. The second-order valence-electron chi connectivity index (χ2n) is 10.2. The fourth-order valence-corrected chi connectivity index (χ4v) is 5.96. The molecule has 0 unspecified atom stereocenters. The summed E-state index contributed by atoms with van der Waals surface area (Å²) in [6.45, 7) is 7.71. The third kappa shape index (κ3) is 8.24. The smallest absolute Gasteiger partial charge is 0.264 e. The number of methoxy groups -OCH3 is 1. The Morgan fingerprint density at radius 2 is 1.66 bits per heavy atom. The van der Waals surface area contributed by atoms with E-state index in [9.17, 15) is 18.0 Å². The Balaban J connectivity index is 2.07. The molecule has 0 aliphatic heterocycles. The number of amides is 2. The molecule has 0 aliphatic carbocycles. The largest absolute Gasteiger partial charge is 0.495 e. The first kappa shape index (κ1) is 32.0. The fraction of sp³-hybridized carbons (Fsp3) is 0.355. The van der Waals surface area contributed by atoms with Crippen LogP contribution in [0.15, 0.2) is 77.7 Å². The maximum Gasteiger partial charge on any atom is 0.264 e. The van der Waals surface area contributed by atoms with Crippen LogP contribution in [0, 0.1) is 12.8 Å². The molecule has 1 N–H and O–H groups in total. The highest BCUT2D eigenvalue weighted by Gasteiger charge is 2.34. The van der Waals surface area contributed by atoms with E-state index in [0.717, 1.165) is 15.4 Å². The zero-order valence-electron chi connectivity index (χ0n) is 24.1. The van der Waals surface area contributed by atoms with Crippen LogP contribution in [-0.4, -0.2) is 51.4 Å². The van der Waals surface area contributed by atoms with Crippen molar-refractivity contribution in [1.29, 1.82) is 0 Å². The van der Waals surface area contributed by atoms with Crippen molar-refractivity contribution in [2.45, 2.75) is 51.6 Å². The summed E-state index contributed by atoms with van der Waals surface area (Å²) >= 11 is 6.38. The molecule has 3 aromatic rings. The van der Waals surface area contributed by atoms with Crippen LogP contribution in [0.4, 0.5) is 5.69 Å². The summed E-state index contributed by atoms with van der Waals surface area (Å²) in [7, 11) is -2.74. The lowest BCUT2D eigenvalue weighted by Crippen LogP contribution is -2.52. The summed E-state index contributed by atoms with van der Waals surface area (Å²) in [5.41, 5.74) is 1.91. The number of nitrogens with one attached hydrogen (secondary N) is 1. The molecule has 10 heteroatoms. The predicted molar refractivity (Wildman–Crippen MR) is 163 cm³/mol. The highest BCUT2D eigenvalue weighted by molar-refractivity contribution is 7.92. The van der Waals surface area contributed by atoms with Gasteiger partial charge in [-0.15, -0.1) is 0 Å². The van der Waals surface area contributed by atoms with Gasteiger partial charge in [0.15, 0.2) is 0 Å². The van der Waals surface area contributed by atoms with Crippen molar-refractivity contribution in [2.75, 3.05) is 24.5 Å². The number of aryl methyl sites for hydroxylation is 1. The molecule has 0 saturated carbocycles. The second kappa shape index (κ2) is 14.4. The summed E-state index contributed by atoms with van der Waals surface area (Å²) in [6, 6.07) is 19.4. The normalized spacial score (nSPS) is 12.1. The van der Waals surface area contributed by atoms with Crippen molar-refractivity contribution in [3.8, 4) is 5.75 Å². The lowest BCUT2D eigenvalue weighted by Gasteiger charge is -2.33. The van der Waals surface area contributed by atoms with E-state index in [0.29, 0.717) is 18.7 Å². The molecule has 0 spiro atoms. The third-order valence-electron chi connectivity index (χ3n) is 6.58. The lowest BCUT2D eigenvalue weighted by atomic mass is 10.1. The minimum Gasteiger partial charge on any atom is -0.495 e. The van der Waals surface area contributed by atoms with Crippen molar-refractivity contribution in [2.24, 2.45) is 5.92 Å². The number of hydrogen-bond acceptors (Lipinski definition) is 5. The van der Waals surface area contributed by atoms with E-state index in [2.05, 4.69) is 5.32 Å². The van der Waals surface area contributed by atoms with Crippen LogP contribution in [0.25, 0.3) is 0 Å². The van der Waals surface area contributed by atoms with E-state index >= 15 is 0 Å². The first-order valence-corrected chi connectivity index (χ1v) is 15.3. The number of ether oxygens (including phenoxy) is 1. The van der Waals surface area contributed by atoms with Gasteiger partial charge >= 0.3 is 0 Å². The van der Waals surface area contributed by atoms with E-state index < -0.39 is 28.5 Å². The average molecular weight is 600 g/mol. The molecule has 0 bridgehead atoms. The molecule has 0 aliphatic rings. The van der Waals surface area contributed by atoms with Crippen LogP contribution in [0.5, 0.6) is 5.75 Å². The van der Waals surface area contributed by atoms with E-state index in [1.807, 2.05) is 58.0 Å². The van der Waals surface area contributed by atoms with Gasteiger partial charge < -0.3 is 15.0 Å². The van der Waals surface area contributed by atoms with Gasteiger partial charge in [0.1, 0.15) is 18.3 Å². The topological polar surface area (TPSA) is 96.0 Å². The van der Waals surface area contributed by atoms with Crippen LogP contribution < -0.4 is 14.4 Å². The molecule has 0 radical (unpaired) electrons.